The number of anilines is 1. The monoisotopic (exact) mass is 342 g/mol. The summed E-state index contributed by atoms with van der Waals surface area (Å²) in [4.78, 5) is 14.2. The van der Waals surface area contributed by atoms with Crippen LogP contribution in [-0.4, -0.2) is 17.0 Å². The average molecular weight is 342 g/mol. The van der Waals surface area contributed by atoms with Gasteiger partial charge in [-0.25, -0.2) is 0 Å². The molecule has 0 unspecified atom stereocenters. The van der Waals surface area contributed by atoms with Crippen molar-refractivity contribution in [2.24, 2.45) is 7.05 Å². The van der Waals surface area contributed by atoms with Crippen molar-refractivity contribution in [2.75, 3.05) is 11.4 Å². The van der Waals surface area contributed by atoms with Gasteiger partial charge in [0.2, 0.25) is 5.91 Å². The molecule has 1 aromatic heterocycles. The largest absolute Gasteiger partial charge is 0.350 e. The number of carbonyl (C=O) groups is 1. The number of benzene rings is 3. The Morgan fingerprint density at radius 1 is 0.962 bits per heavy atom. The minimum atomic E-state index is 0.0699. The van der Waals surface area contributed by atoms with Gasteiger partial charge in [-0.2, -0.15) is 0 Å². The SMILES string of the molecule is CC(=O)N(CCc1cn(C)c2ccccc12)c1ccc2ccccc2c1. The lowest BCUT2D eigenvalue weighted by molar-refractivity contribution is -0.116. The van der Waals surface area contributed by atoms with Crippen molar-refractivity contribution in [2.45, 2.75) is 13.3 Å². The van der Waals surface area contributed by atoms with Gasteiger partial charge in [-0.3, -0.25) is 4.79 Å². The van der Waals surface area contributed by atoms with E-state index >= 15 is 0 Å². The number of amides is 1. The average Bonchev–Trinajstić information content (AvgIpc) is 2.98. The molecule has 0 spiro atoms. The molecule has 0 aliphatic rings. The first kappa shape index (κ1) is 16.4. The van der Waals surface area contributed by atoms with Gasteiger partial charge >= 0.3 is 0 Å². The first-order valence-electron chi connectivity index (χ1n) is 8.93. The van der Waals surface area contributed by atoms with Crippen LogP contribution in [0.1, 0.15) is 12.5 Å². The molecular formula is C23H22N2O. The smallest absolute Gasteiger partial charge is 0.223 e. The molecule has 0 saturated heterocycles. The second kappa shape index (κ2) is 6.68. The Bertz CT molecular complexity index is 1090. The Kier molecular flexibility index (Phi) is 4.21. The summed E-state index contributed by atoms with van der Waals surface area (Å²) < 4.78 is 2.15. The first-order chi connectivity index (χ1) is 12.6. The summed E-state index contributed by atoms with van der Waals surface area (Å²) in [6.45, 7) is 2.31. The van der Waals surface area contributed by atoms with E-state index in [2.05, 4.69) is 66.3 Å². The Balaban J connectivity index is 1.63. The minimum Gasteiger partial charge on any atom is -0.350 e. The van der Waals surface area contributed by atoms with Crippen molar-refractivity contribution in [1.82, 2.24) is 4.57 Å². The third kappa shape index (κ3) is 2.97. The fourth-order valence-electron chi connectivity index (χ4n) is 3.67. The molecule has 0 saturated carbocycles. The van der Waals surface area contributed by atoms with Crippen LogP contribution in [-0.2, 0) is 18.3 Å². The van der Waals surface area contributed by atoms with E-state index in [-0.39, 0.29) is 5.91 Å². The quantitative estimate of drug-likeness (QED) is 0.516. The zero-order valence-corrected chi connectivity index (χ0v) is 15.1. The van der Waals surface area contributed by atoms with Crippen LogP contribution in [0.2, 0.25) is 0 Å². The van der Waals surface area contributed by atoms with Crippen LogP contribution in [0.4, 0.5) is 5.69 Å². The number of nitrogens with zero attached hydrogens (tertiary/aromatic N) is 2. The maximum Gasteiger partial charge on any atom is 0.223 e. The van der Waals surface area contributed by atoms with Gasteiger partial charge in [0.05, 0.1) is 0 Å². The summed E-state index contributed by atoms with van der Waals surface area (Å²) in [7, 11) is 2.07. The van der Waals surface area contributed by atoms with Crippen LogP contribution in [0.25, 0.3) is 21.7 Å². The van der Waals surface area contributed by atoms with E-state index in [1.54, 1.807) is 6.92 Å². The molecule has 0 fully saturated rings. The van der Waals surface area contributed by atoms with E-state index in [0.717, 1.165) is 17.5 Å². The van der Waals surface area contributed by atoms with E-state index in [1.807, 2.05) is 23.1 Å². The molecule has 0 atom stereocenters. The van der Waals surface area contributed by atoms with Gasteiger partial charge in [0.25, 0.3) is 0 Å². The molecule has 4 aromatic rings. The van der Waals surface area contributed by atoms with Crippen molar-refractivity contribution in [3.05, 3.63) is 78.5 Å². The number of hydrogen-bond acceptors (Lipinski definition) is 1. The second-order valence-corrected chi connectivity index (χ2v) is 6.73. The highest BCUT2D eigenvalue weighted by molar-refractivity contribution is 5.95. The van der Waals surface area contributed by atoms with E-state index in [0.29, 0.717) is 6.54 Å². The molecule has 3 heteroatoms. The fourth-order valence-corrected chi connectivity index (χ4v) is 3.67. The van der Waals surface area contributed by atoms with Crippen LogP contribution in [0.15, 0.2) is 72.9 Å². The predicted molar refractivity (Wildman–Crippen MR) is 109 cm³/mol. The lowest BCUT2D eigenvalue weighted by Gasteiger charge is -2.21. The number of fused-ring (bicyclic) bond motifs is 2. The van der Waals surface area contributed by atoms with Gasteiger partial charge in [-0.15, -0.1) is 0 Å². The maximum atomic E-state index is 12.3. The fraction of sp³-hybridized carbons (Fsp3) is 0.174. The van der Waals surface area contributed by atoms with Gasteiger partial charge in [-0.05, 0) is 41.0 Å². The molecule has 0 N–H and O–H groups in total. The molecule has 3 aromatic carbocycles. The number of aryl methyl sites for hydroxylation is 1. The minimum absolute atomic E-state index is 0.0699. The second-order valence-electron chi connectivity index (χ2n) is 6.73. The zero-order chi connectivity index (χ0) is 18.1. The van der Waals surface area contributed by atoms with Crippen LogP contribution < -0.4 is 4.90 Å². The molecule has 0 aliphatic heterocycles. The highest BCUT2D eigenvalue weighted by atomic mass is 16.2. The van der Waals surface area contributed by atoms with Gasteiger partial charge in [-0.1, -0.05) is 48.5 Å². The van der Waals surface area contributed by atoms with E-state index in [1.165, 1.54) is 21.9 Å². The molecule has 1 heterocycles. The zero-order valence-electron chi connectivity index (χ0n) is 15.1. The highest BCUT2D eigenvalue weighted by Crippen LogP contribution is 2.24. The molecule has 0 radical (unpaired) electrons. The van der Waals surface area contributed by atoms with Crippen LogP contribution >= 0.6 is 0 Å². The third-order valence-electron chi connectivity index (χ3n) is 5.01. The van der Waals surface area contributed by atoms with E-state index in [9.17, 15) is 4.79 Å². The normalized spacial score (nSPS) is 11.2. The number of rotatable bonds is 4. The van der Waals surface area contributed by atoms with Gasteiger partial charge in [0, 0.05) is 43.3 Å². The highest BCUT2D eigenvalue weighted by Gasteiger charge is 2.14. The topological polar surface area (TPSA) is 25.2 Å². The van der Waals surface area contributed by atoms with Gasteiger partial charge in [0.15, 0.2) is 0 Å². The molecule has 0 bridgehead atoms. The van der Waals surface area contributed by atoms with Crippen molar-refractivity contribution < 1.29 is 4.79 Å². The molecule has 3 nitrogen and oxygen atoms in total. The van der Waals surface area contributed by atoms with Crippen molar-refractivity contribution in [3.63, 3.8) is 0 Å². The number of hydrogen-bond donors (Lipinski definition) is 0. The summed E-state index contributed by atoms with van der Waals surface area (Å²) >= 11 is 0. The lowest BCUT2D eigenvalue weighted by atomic mass is 10.1. The van der Waals surface area contributed by atoms with Crippen molar-refractivity contribution >= 4 is 33.3 Å². The summed E-state index contributed by atoms with van der Waals surface area (Å²) in [6.07, 6.45) is 3.00. The molecule has 0 aliphatic carbocycles. The molecule has 130 valence electrons. The third-order valence-corrected chi connectivity index (χ3v) is 5.01. The number of carbonyl (C=O) groups excluding carboxylic acids is 1. The first-order valence-corrected chi connectivity index (χ1v) is 8.93. The van der Waals surface area contributed by atoms with E-state index in [4.69, 9.17) is 0 Å². The van der Waals surface area contributed by atoms with Crippen molar-refractivity contribution in [1.29, 1.82) is 0 Å². The standard InChI is InChI=1S/C23H22N2O/c1-17(26)25(21-12-11-18-7-3-4-8-19(18)15-21)14-13-20-16-24(2)23-10-6-5-9-22(20)23/h3-12,15-16H,13-14H2,1-2H3. The number of para-hydroxylation sites is 1. The van der Waals surface area contributed by atoms with Crippen LogP contribution in [0.5, 0.6) is 0 Å². The van der Waals surface area contributed by atoms with E-state index < -0.39 is 0 Å². The Morgan fingerprint density at radius 2 is 1.69 bits per heavy atom. The van der Waals surface area contributed by atoms with Crippen LogP contribution in [0, 0.1) is 0 Å². The summed E-state index contributed by atoms with van der Waals surface area (Å²) in [6, 6.07) is 22.9. The van der Waals surface area contributed by atoms with Gasteiger partial charge < -0.3 is 9.47 Å². The molecule has 1 amide bonds. The Labute approximate surface area is 153 Å². The van der Waals surface area contributed by atoms with Crippen LogP contribution in [0.3, 0.4) is 0 Å². The lowest BCUT2D eigenvalue weighted by Crippen LogP contribution is -2.30. The maximum absolute atomic E-state index is 12.3. The van der Waals surface area contributed by atoms with Gasteiger partial charge in [0.1, 0.15) is 0 Å². The molecular weight excluding hydrogens is 320 g/mol. The summed E-state index contributed by atoms with van der Waals surface area (Å²) in [5, 5.41) is 3.60. The molecule has 4 rings (SSSR count). The Hall–Kier alpha value is -3.07. The number of aromatic nitrogens is 1. The Morgan fingerprint density at radius 3 is 2.50 bits per heavy atom. The summed E-state index contributed by atoms with van der Waals surface area (Å²) in [5.41, 5.74) is 3.45. The predicted octanol–water partition coefficient (Wildman–Crippen LogP) is 4.93. The van der Waals surface area contributed by atoms with Crippen molar-refractivity contribution in [3.8, 4) is 0 Å². The summed E-state index contributed by atoms with van der Waals surface area (Å²) in [5.74, 6) is 0.0699. The molecule has 26 heavy (non-hydrogen) atoms.